The number of fused-ring (bicyclic) bond motifs is 1. The molecule has 2 aliphatic rings. The molecule has 3 rings (SSSR count). The highest BCUT2D eigenvalue weighted by Gasteiger charge is 2.41. The van der Waals surface area contributed by atoms with Crippen molar-refractivity contribution in [2.75, 3.05) is 37.7 Å². The van der Waals surface area contributed by atoms with Crippen molar-refractivity contribution in [1.82, 2.24) is 14.8 Å². The van der Waals surface area contributed by atoms with Crippen LogP contribution in [-0.2, 0) is 16.1 Å². The first-order valence-electron chi connectivity index (χ1n) is 7.79. The average Bonchev–Trinajstić information content (AvgIpc) is 3.11. The normalized spacial score (nSPS) is 25.5. The Morgan fingerprint density at radius 2 is 2.41 bits per heavy atom. The van der Waals surface area contributed by atoms with Gasteiger partial charge in [-0.25, -0.2) is 4.98 Å². The predicted molar refractivity (Wildman–Crippen MR) is 90.4 cm³/mol. The Bertz CT molecular complexity index is 523. The van der Waals surface area contributed by atoms with E-state index in [-0.39, 0.29) is 12.0 Å². The molecule has 2 atom stereocenters. The fourth-order valence-corrected chi connectivity index (χ4v) is 4.29. The van der Waals surface area contributed by atoms with E-state index in [2.05, 4.69) is 22.2 Å². The first-order valence-corrected chi connectivity index (χ1v) is 9.83. The molecule has 22 heavy (non-hydrogen) atoms. The first-order chi connectivity index (χ1) is 10.7. The lowest BCUT2D eigenvalue weighted by Crippen LogP contribution is -2.50. The third kappa shape index (κ3) is 3.64. The maximum atomic E-state index is 12.2. The number of carbonyl (C=O) groups is 1. The summed E-state index contributed by atoms with van der Waals surface area (Å²) in [5.74, 6) is 1.81. The second kappa shape index (κ2) is 7.29. The number of thiazole rings is 1. The van der Waals surface area contributed by atoms with E-state index in [1.165, 1.54) is 0 Å². The first kappa shape index (κ1) is 16.2. The summed E-state index contributed by atoms with van der Waals surface area (Å²) < 4.78 is 5.90. The molecule has 0 aromatic carbocycles. The Morgan fingerprint density at radius 3 is 3.14 bits per heavy atom. The molecule has 0 saturated carbocycles. The van der Waals surface area contributed by atoms with Crippen molar-refractivity contribution < 1.29 is 9.53 Å². The van der Waals surface area contributed by atoms with Gasteiger partial charge < -0.3 is 9.64 Å². The molecule has 1 aromatic heterocycles. The van der Waals surface area contributed by atoms with Gasteiger partial charge in [-0.15, -0.1) is 11.3 Å². The van der Waals surface area contributed by atoms with Gasteiger partial charge in [-0.05, 0) is 12.7 Å². The SMILES string of the molecule is CCSCC(=O)N1C[C@@H]2OCCN(Cc3csc(C)n3)[C@H]2C1. The summed E-state index contributed by atoms with van der Waals surface area (Å²) in [6.45, 7) is 8.18. The molecule has 2 fully saturated rings. The number of amides is 1. The van der Waals surface area contributed by atoms with Gasteiger partial charge in [-0.2, -0.15) is 11.8 Å². The quantitative estimate of drug-likeness (QED) is 0.814. The molecule has 122 valence electrons. The molecule has 0 aliphatic carbocycles. The van der Waals surface area contributed by atoms with Crippen molar-refractivity contribution in [2.24, 2.45) is 0 Å². The second-order valence-corrected chi connectivity index (χ2v) is 8.08. The molecule has 5 nitrogen and oxygen atoms in total. The van der Waals surface area contributed by atoms with E-state index in [0.29, 0.717) is 11.8 Å². The van der Waals surface area contributed by atoms with Gasteiger partial charge in [0.2, 0.25) is 5.91 Å². The number of morpholine rings is 1. The van der Waals surface area contributed by atoms with E-state index in [1.807, 2.05) is 11.8 Å². The number of ether oxygens (including phenoxy) is 1. The van der Waals surface area contributed by atoms with Crippen LogP contribution < -0.4 is 0 Å². The molecule has 3 heterocycles. The highest BCUT2D eigenvalue weighted by atomic mass is 32.2. The zero-order valence-corrected chi connectivity index (χ0v) is 14.8. The van der Waals surface area contributed by atoms with Gasteiger partial charge in [0, 0.05) is 31.6 Å². The largest absolute Gasteiger partial charge is 0.373 e. The van der Waals surface area contributed by atoms with Crippen molar-refractivity contribution in [3.05, 3.63) is 16.1 Å². The minimum Gasteiger partial charge on any atom is -0.373 e. The van der Waals surface area contributed by atoms with E-state index in [1.54, 1.807) is 23.1 Å². The summed E-state index contributed by atoms with van der Waals surface area (Å²) in [5, 5.41) is 3.25. The summed E-state index contributed by atoms with van der Waals surface area (Å²) in [5.41, 5.74) is 1.13. The standard InChI is InChI=1S/C15H23N3O2S2/c1-3-21-10-15(19)18-7-13-14(8-18)20-5-4-17(13)6-12-9-22-11(2)16-12/h9,13-14H,3-8,10H2,1-2H3/t13-,14-/m0/s1. The fraction of sp³-hybridized carbons (Fsp3) is 0.733. The summed E-state index contributed by atoms with van der Waals surface area (Å²) >= 11 is 3.38. The Labute approximate surface area is 140 Å². The highest BCUT2D eigenvalue weighted by Crippen LogP contribution is 2.25. The van der Waals surface area contributed by atoms with E-state index in [0.717, 1.165) is 49.2 Å². The molecule has 1 aromatic rings. The minimum atomic E-state index is 0.157. The molecule has 0 bridgehead atoms. The minimum absolute atomic E-state index is 0.157. The summed E-state index contributed by atoms with van der Waals surface area (Å²) in [6, 6.07) is 0.311. The van der Waals surface area contributed by atoms with Crippen molar-refractivity contribution in [1.29, 1.82) is 0 Å². The number of carbonyl (C=O) groups excluding carboxylic acids is 1. The van der Waals surface area contributed by atoms with Crippen LogP contribution >= 0.6 is 23.1 Å². The monoisotopic (exact) mass is 341 g/mol. The number of nitrogens with zero attached hydrogens (tertiary/aromatic N) is 3. The molecule has 7 heteroatoms. The lowest BCUT2D eigenvalue weighted by atomic mass is 10.1. The zero-order chi connectivity index (χ0) is 15.5. The zero-order valence-electron chi connectivity index (χ0n) is 13.2. The third-order valence-electron chi connectivity index (χ3n) is 4.23. The second-order valence-electron chi connectivity index (χ2n) is 5.74. The number of aromatic nitrogens is 1. The Kier molecular flexibility index (Phi) is 5.38. The van der Waals surface area contributed by atoms with E-state index in [9.17, 15) is 4.79 Å². The third-order valence-corrected chi connectivity index (χ3v) is 5.91. The van der Waals surface area contributed by atoms with Crippen LogP contribution in [0.15, 0.2) is 5.38 Å². The van der Waals surface area contributed by atoms with E-state index in [4.69, 9.17) is 4.74 Å². The number of rotatable bonds is 5. The topological polar surface area (TPSA) is 45.7 Å². The van der Waals surface area contributed by atoms with Gasteiger partial charge in [-0.1, -0.05) is 6.92 Å². The van der Waals surface area contributed by atoms with Gasteiger partial charge in [0.1, 0.15) is 0 Å². The molecule has 0 unspecified atom stereocenters. The van der Waals surface area contributed by atoms with Crippen LogP contribution in [0, 0.1) is 6.92 Å². The maximum absolute atomic E-state index is 12.2. The molecule has 0 radical (unpaired) electrons. The van der Waals surface area contributed by atoms with Crippen molar-refractivity contribution in [3.63, 3.8) is 0 Å². The van der Waals surface area contributed by atoms with Crippen molar-refractivity contribution in [2.45, 2.75) is 32.5 Å². The van der Waals surface area contributed by atoms with Crippen LogP contribution in [0.3, 0.4) is 0 Å². The number of thioether (sulfide) groups is 1. The van der Waals surface area contributed by atoms with Crippen LogP contribution in [0.5, 0.6) is 0 Å². The number of aryl methyl sites for hydroxylation is 1. The van der Waals surface area contributed by atoms with Gasteiger partial charge in [-0.3, -0.25) is 9.69 Å². The Morgan fingerprint density at radius 1 is 1.55 bits per heavy atom. The summed E-state index contributed by atoms with van der Waals surface area (Å²) in [4.78, 5) is 21.2. The van der Waals surface area contributed by atoms with E-state index >= 15 is 0 Å². The van der Waals surface area contributed by atoms with Gasteiger partial charge in [0.15, 0.2) is 0 Å². The molecule has 0 spiro atoms. The molecular formula is C15H23N3O2S2. The lowest BCUT2D eigenvalue weighted by molar-refractivity contribution is -0.127. The van der Waals surface area contributed by atoms with Crippen LogP contribution in [0.2, 0.25) is 0 Å². The molecular weight excluding hydrogens is 318 g/mol. The van der Waals surface area contributed by atoms with Gasteiger partial charge in [0.25, 0.3) is 0 Å². The van der Waals surface area contributed by atoms with Crippen LogP contribution in [0.25, 0.3) is 0 Å². The summed E-state index contributed by atoms with van der Waals surface area (Å²) in [6.07, 6.45) is 0.157. The Balaban J connectivity index is 1.61. The van der Waals surface area contributed by atoms with Crippen molar-refractivity contribution in [3.8, 4) is 0 Å². The smallest absolute Gasteiger partial charge is 0.232 e. The van der Waals surface area contributed by atoms with E-state index < -0.39 is 0 Å². The molecule has 1 amide bonds. The maximum Gasteiger partial charge on any atom is 0.232 e. The molecule has 0 N–H and O–H groups in total. The molecule has 2 aliphatic heterocycles. The lowest BCUT2D eigenvalue weighted by Gasteiger charge is -2.36. The highest BCUT2D eigenvalue weighted by molar-refractivity contribution is 7.99. The average molecular weight is 342 g/mol. The summed E-state index contributed by atoms with van der Waals surface area (Å²) in [7, 11) is 0. The Hall–Kier alpha value is -0.630. The van der Waals surface area contributed by atoms with Gasteiger partial charge in [0.05, 0.1) is 35.2 Å². The number of likely N-dealkylation sites (tertiary alicyclic amines) is 1. The van der Waals surface area contributed by atoms with Gasteiger partial charge >= 0.3 is 0 Å². The van der Waals surface area contributed by atoms with Crippen molar-refractivity contribution >= 4 is 29.0 Å². The van der Waals surface area contributed by atoms with Crippen LogP contribution in [-0.4, -0.2) is 70.6 Å². The van der Waals surface area contributed by atoms with Crippen LogP contribution in [0.1, 0.15) is 17.6 Å². The fourth-order valence-electron chi connectivity index (χ4n) is 3.13. The number of hydrogen-bond donors (Lipinski definition) is 0. The predicted octanol–water partition coefficient (Wildman–Crippen LogP) is 1.62. The molecule has 2 saturated heterocycles. The van der Waals surface area contributed by atoms with Crippen LogP contribution in [0.4, 0.5) is 0 Å². The number of hydrogen-bond acceptors (Lipinski definition) is 6.